The van der Waals surface area contributed by atoms with Gasteiger partial charge in [0, 0.05) is 24.4 Å². The molecule has 5 nitrogen and oxygen atoms in total. The first-order chi connectivity index (χ1) is 8.18. The topological polar surface area (TPSA) is 69.1 Å². The Morgan fingerprint density at radius 1 is 1.29 bits per heavy atom. The third-order valence-electron chi connectivity index (χ3n) is 2.98. The number of nitrogens with two attached hydrogens (primary N) is 1. The summed E-state index contributed by atoms with van der Waals surface area (Å²) in [5, 5.41) is 8.34. The van der Waals surface area contributed by atoms with Crippen molar-refractivity contribution in [3.63, 3.8) is 0 Å². The summed E-state index contributed by atoms with van der Waals surface area (Å²) in [6, 6.07) is 0.279. The fourth-order valence-electron chi connectivity index (χ4n) is 1.98. The van der Waals surface area contributed by atoms with E-state index in [1.807, 2.05) is 17.5 Å². The average molecular weight is 233 g/mol. The number of hydrogen-bond donors (Lipinski definition) is 1. The van der Waals surface area contributed by atoms with Crippen molar-refractivity contribution in [3.05, 3.63) is 24.4 Å². The molecule has 2 unspecified atom stereocenters. The van der Waals surface area contributed by atoms with Crippen molar-refractivity contribution in [1.29, 1.82) is 0 Å². The van der Waals surface area contributed by atoms with Crippen LogP contribution in [0.4, 0.5) is 0 Å². The second kappa shape index (κ2) is 5.23. The molecule has 2 rings (SSSR count). The van der Waals surface area contributed by atoms with E-state index in [0.717, 1.165) is 30.7 Å². The molecule has 0 saturated heterocycles. The summed E-state index contributed by atoms with van der Waals surface area (Å²) in [4.78, 5) is 4.03. The van der Waals surface area contributed by atoms with Crippen LogP contribution in [0.1, 0.15) is 44.9 Å². The molecule has 2 atom stereocenters. The Morgan fingerprint density at radius 2 is 2.12 bits per heavy atom. The summed E-state index contributed by atoms with van der Waals surface area (Å²) in [6.45, 7) is 4.22. The second-order valence-electron chi connectivity index (χ2n) is 4.67. The van der Waals surface area contributed by atoms with Gasteiger partial charge in [0.1, 0.15) is 5.82 Å². The fourth-order valence-corrected chi connectivity index (χ4v) is 1.98. The van der Waals surface area contributed by atoms with Gasteiger partial charge < -0.3 is 5.73 Å². The molecular formula is C12H19N5. The van der Waals surface area contributed by atoms with Crippen molar-refractivity contribution in [3.8, 4) is 0 Å². The molecule has 0 radical (unpaired) electrons. The predicted molar refractivity (Wildman–Crippen MR) is 66.7 cm³/mol. The number of hydrogen-bond acceptors (Lipinski definition) is 4. The van der Waals surface area contributed by atoms with Crippen LogP contribution in [0.25, 0.3) is 5.65 Å². The molecule has 0 aromatic carbocycles. The molecule has 0 fully saturated rings. The Balaban J connectivity index is 2.06. The Morgan fingerprint density at radius 3 is 2.88 bits per heavy atom. The summed E-state index contributed by atoms with van der Waals surface area (Å²) < 4.78 is 2.00. The number of aromatic nitrogens is 4. The van der Waals surface area contributed by atoms with E-state index in [1.54, 1.807) is 12.4 Å². The first kappa shape index (κ1) is 12.0. The van der Waals surface area contributed by atoms with E-state index in [9.17, 15) is 0 Å². The Labute approximate surface area is 101 Å². The monoisotopic (exact) mass is 233 g/mol. The van der Waals surface area contributed by atoms with Crippen LogP contribution in [0.15, 0.2) is 18.6 Å². The van der Waals surface area contributed by atoms with Gasteiger partial charge in [0.15, 0.2) is 5.65 Å². The van der Waals surface area contributed by atoms with Crippen molar-refractivity contribution in [2.45, 2.75) is 45.1 Å². The van der Waals surface area contributed by atoms with E-state index in [0.29, 0.717) is 5.92 Å². The first-order valence-corrected chi connectivity index (χ1v) is 6.08. The highest BCUT2D eigenvalue weighted by molar-refractivity contribution is 5.34. The SMILES string of the molecule is CC(N)CCCC(C)c1nnc2cnccn12. The smallest absolute Gasteiger partial charge is 0.179 e. The van der Waals surface area contributed by atoms with Gasteiger partial charge in [0.05, 0.1) is 6.20 Å². The molecule has 2 N–H and O–H groups in total. The van der Waals surface area contributed by atoms with E-state index in [4.69, 9.17) is 5.73 Å². The summed E-state index contributed by atoms with van der Waals surface area (Å²) in [7, 11) is 0. The molecule has 0 bridgehead atoms. The molecule has 0 spiro atoms. The zero-order valence-corrected chi connectivity index (χ0v) is 10.4. The van der Waals surface area contributed by atoms with Crippen LogP contribution in [0.5, 0.6) is 0 Å². The van der Waals surface area contributed by atoms with Crippen molar-refractivity contribution in [1.82, 2.24) is 19.6 Å². The van der Waals surface area contributed by atoms with E-state index >= 15 is 0 Å². The maximum Gasteiger partial charge on any atom is 0.179 e. The van der Waals surface area contributed by atoms with E-state index < -0.39 is 0 Å². The van der Waals surface area contributed by atoms with Gasteiger partial charge in [-0.25, -0.2) is 0 Å². The van der Waals surface area contributed by atoms with Crippen LogP contribution in [-0.4, -0.2) is 25.6 Å². The second-order valence-corrected chi connectivity index (χ2v) is 4.67. The zero-order chi connectivity index (χ0) is 12.3. The Kier molecular flexibility index (Phi) is 3.68. The summed E-state index contributed by atoms with van der Waals surface area (Å²) >= 11 is 0. The van der Waals surface area contributed by atoms with Gasteiger partial charge in [-0.3, -0.25) is 9.38 Å². The van der Waals surface area contributed by atoms with Gasteiger partial charge in [0.2, 0.25) is 0 Å². The fraction of sp³-hybridized carbons (Fsp3) is 0.583. The minimum atomic E-state index is 0.279. The van der Waals surface area contributed by atoms with E-state index in [2.05, 4.69) is 22.1 Å². The summed E-state index contributed by atoms with van der Waals surface area (Å²) in [5.41, 5.74) is 6.55. The predicted octanol–water partition coefficient (Wildman–Crippen LogP) is 1.75. The number of rotatable bonds is 5. The maximum atomic E-state index is 5.75. The van der Waals surface area contributed by atoms with Crippen molar-refractivity contribution in [2.75, 3.05) is 0 Å². The lowest BCUT2D eigenvalue weighted by Gasteiger charge is -2.10. The van der Waals surface area contributed by atoms with Gasteiger partial charge in [-0.15, -0.1) is 10.2 Å². The van der Waals surface area contributed by atoms with Crippen LogP contribution in [0.3, 0.4) is 0 Å². The molecule has 17 heavy (non-hydrogen) atoms. The lowest BCUT2D eigenvalue weighted by Crippen LogP contribution is -2.14. The van der Waals surface area contributed by atoms with Crippen molar-refractivity contribution < 1.29 is 0 Å². The van der Waals surface area contributed by atoms with Gasteiger partial charge in [-0.1, -0.05) is 13.3 Å². The third-order valence-corrected chi connectivity index (χ3v) is 2.98. The molecule has 0 amide bonds. The molecule has 0 aliphatic carbocycles. The van der Waals surface area contributed by atoms with Crippen molar-refractivity contribution in [2.24, 2.45) is 5.73 Å². The maximum absolute atomic E-state index is 5.75. The molecule has 2 heterocycles. The highest BCUT2D eigenvalue weighted by Crippen LogP contribution is 2.20. The van der Waals surface area contributed by atoms with Crippen LogP contribution in [-0.2, 0) is 0 Å². The quantitative estimate of drug-likeness (QED) is 0.854. The Bertz CT molecular complexity index is 476. The minimum Gasteiger partial charge on any atom is -0.328 e. The number of nitrogens with zero attached hydrogens (tertiary/aromatic N) is 4. The third kappa shape index (κ3) is 2.79. The summed E-state index contributed by atoms with van der Waals surface area (Å²) in [5.74, 6) is 1.40. The first-order valence-electron chi connectivity index (χ1n) is 6.08. The standard InChI is InChI=1S/C12H19N5/c1-9(4-3-5-10(2)13)12-16-15-11-8-14-6-7-17(11)12/h6-10H,3-5,13H2,1-2H3. The summed E-state index contributed by atoms with van der Waals surface area (Å²) in [6.07, 6.45) is 8.67. The van der Waals surface area contributed by atoms with Gasteiger partial charge in [-0.2, -0.15) is 0 Å². The van der Waals surface area contributed by atoms with Gasteiger partial charge in [-0.05, 0) is 19.8 Å². The normalized spacial score (nSPS) is 15.0. The molecule has 0 saturated carbocycles. The molecule has 2 aromatic rings. The van der Waals surface area contributed by atoms with Crippen LogP contribution in [0.2, 0.25) is 0 Å². The zero-order valence-electron chi connectivity index (χ0n) is 10.4. The Hall–Kier alpha value is -1.49. The number of fused-ring (bicyclic) bond motifs is 1. The molecular weight excluding hydrogens is 214 g/mol. The molecule has 92 valence electrons. The molecule has 0 aliphatic rings. The van der Waals surface area contributed by atoms with Gasteiger partial charge >= 0.3 is 0 Å². The van der Waals surface area contributed by atoms with Crippen molar-refractivity contribution >= 4 is 5.65 Å². The highest BCUT2D eigenvalue weighted by atomic mass is 15.3. The molecule has 5 heteroatoms. The van der Waals surface area contributed by atoms with E-state index in [-0.39, 0.29) is 6.04 Å². The largest absolute Gasteiger partial charge is 0.328 e. The van der Waals surface area contributed by atoms with Crippen LogP contribution >= 0.6 is 0 Å². The van der Waals surface area contributed by atoms with Gasteiger partial charge in [0.25, 0.3) is 0 Å². The molecule has 2 aromatic heterocycles. The van der Waals surface area contributed by atoms with Crippen LogP contribution < -0.4 is 5.73 Å². The molecule has 0 aliphatic heterocycles. The lowest BCUT2D eigenvalue weighted by molar-refractivity contribution is 0.540. The van der Waals surface area contributed by atoms with E-state index in [1.165, 1.54) is 0 Å². The highest BCUT2D eigenvalue weighted by Gasteiger charge is 2.13. The minimum absolute atomic E-state index is 0.279. The average Bonchev–Trinajstić information content (AvgIpc) is 2.72. The van der Waals surface area contributed by atoms with Crippen LogP contribution in [0, 0.1) is 0 Å². The lowest BCUT2D eigenvalue weighted by atomic mass is 10.0.